The van der Waals surface area contributed by atoms with Crippen LogP contribution in [0.4, 0.5) is 0 Å². The zero-order chi connectivity index (χ0) is 16.1. The molecule has 0 aromatic heterocycles. The van der Waals surface area contributed by atoms with Crippen LogP contribution in [0.15, 0.2) is 37.0 Å². The molecule has 0 bridgehead atoms. The van der Waals surface area contributed by atoms with E-state index in [4.69, 9.17) is 9.47 Å². The van der Waals surface area contributed by atoms with Crippen molar-refractivity contribution in [2.45, 2.75) is 26.9 Å². The second kappa shape index (κ2) is 12.2. The molecule has 0 saturated carbocycles. The van der Waals surface area contributed by atoms with E-state index in [-0.39, 0.29) is 18.0 Å². The number of epoxide rings is 1. The Balaban J connectivity index is 0. The van der Waals surface area contributed by atoms with Crippen LogP contribution < -0.4 is 0 Å². The smallest absolute Gasteiger partial charge is 0.333 e. The van der Waals surface area contributed by atoms with Crippen LogP contribution in [0.25, 0.3) is 0 Å². The lowest BCUT2D eigenvalue weighted by Crippen LogP contribution is -2.09. The molecule has 0 amide bonds. The highest BCUT2D eigenvalue weighted by Crippen LogP contribution is 2.09. The number of ether oxygens (including phenoxy) is 3. The van der Waals surface area contributed by atoms with E-state index in [2.05, 4.69) is 24.5 Å². The normalized spacial score (nSPS) is 14.3. The van der Waals surface area contributed by atoms with Crippen molar-refractivity contribution in [2.24, 2.45) is 0 Å². The predicted molar refractivity (Wildman–Crippen MR) is 78.2 cm³/mol. The first-order valence-corrected chi connectivity index (χ1v) is 6.05. The summed E-state index contributed by atoms with van der Waals surface area (Å²) in [6, 6.07) is 0. The second-order valence-corrected chi connectivity index (χ2v) is 4.01. The Morgan fingerprint density at radius 1 is 1.25 bits per heavy atom. The molecule has 1 unspecified atom stereocenters. The van der Waals surface area contributed by atoms with Crippen molar-refractivity contribution in [1.29, 1.82) is 0 Å². The van der Waals surface area contributed by atoms with Gasteiger partial charge in [0.15, 0.2) is 0 Å². The lowest BCUT2D eigenvalue weighted by Gasteiger charge is -1.99. The second-order valence-electron chi connectivity index (χ2n) is 4.01. The van der Waals surface area contributed by atoms with E-state index >= 15 is 0 Å². The van der Waals surface area contributed by atoms with Gasteiger partial charge in [-0.3, -0.25) is 0 Å². The number of hydrogen-bond acceptors (Lipinski definition) is 5. The van der Waals surface area contributed by atoms with Gasteiger partial charge in [0.1, 0.15) is 12.7 Å². The number of carbonyl (C=O) groups is 2. The van der Waals surface area contributed by atoms with Gasteiger partial charge in [-0.25, -0.2) is 9.59 Å². The van der Waals surface area contributed by atoms with Crippen molar-refractivity contribution >= 4 is 11.9 Å². The molecule has 1 heterocycles. The molecule has 5 heteroatoms. The Bertz CT molecular complexity index is 353. The Morgan fingerprint density at radius 2 is 1.65 bits per heavy atom. The molecule has 5 nitrogen and oxygen atoms in total. The van der Waals surface area contributed by atoms with Crippen LogP contribution in [-0.2, 0) is 23.8 Å². The van der Waals surface area contributed by atoms with Gasteiger partial charge in [0.05, 0.1) is 13.7 Å². The average Bonchev–Trinajstić information content (AvgIpc) is 3.20. The summed E-state index contributed by atoms with van der Waals surface area (Å²) in [7, 11) is 1.33. The molecule has 20 heavy (non-hydrogen) atoms. The summed E-state index contributed by atoms with van der Waals surface area (Å²) in [6.07, 6.45) is 1.89. The molecule has 1 aliphatic heterocycles. The minimum absolute atomic E-state index is 0.142. The first-order chi connectivity index (χ1) is 9.29. The number of methoxy groups -OCH3 is 1. The molecular weight excluding hydrogens is 260 g/mol. The molecule has 0 radical (unpaired) electrons. The first kappa shape index (κ1) is 20.4. The zero-order valence-electron chi connectivity index (χ0n) is 12.7. The topological polar surface area (TPSA) is 65.1 Å². The molecule has 0 aromatic carbocycles. The van der Waals surface area contributed by atoms with Gasteiger partial charge in [-0.1, -0.05) is 19.2 Å². The monoisotopic (exact) mass is 284 g/mol. The molecule has 0 aromatic rings. The Kier molecular flexibility index (Phi) is 12.4. The van der Waals surface area contributed by atoms with E-state index in [1.165, 1.54) is 7.11 Å². The van der Waals surface area contributed by atoms with Crippen LogP contribution in [0.3, 0.4) is 0 Å². The molecule has 0 N–H and O–H groups in total. The summed E-state index contributed by atoms with van der Waals surface area (Å²) in [5.74, 6) is -0.685. The van der Waals surface area contributed by atoms with Gasteiger partial charge in [0, 0.05) is 11.1 Å². The van der Waals surface area contributed by atoms with Crippen LogP contribution in [-0.4, -0.2) is 38.4 Å². The third-order valence-corrected chi connectivity index (χ3v) is 1.69. The summed E-state index contributed by atoms with van der Waals surface area (Å²) < 4.78 is 13.9. The highest BCUT2D eigenvalue weighted by molar-refractivity contribution is 5.87. The summed E-state index contributed by atoms with van der Waals surface area (Å²) in [5, 5.41) is 0. The summed E-state index contributed by atoms with van der Waals surface area (Å²) >= 11 is 0. The number of rotatable bonds is 4. The van der Waals surface area contributed by atoms with E-state index in [9.17, 15) is 9.59 Å². The van der Waals surface area contributed by atoms with Gasteiger partial charge in [0.25, 0.3) is 0 Å². The molecule has 1 atom stereocenters. The molecular formula is C15H24O5. The zero-order valence-corrected chi connectivity index (χ0v) is 12.7. The molecule has 1 saturated heterocycles. The summed E-state index contributed by atoms with van der Waals surface area (Å²) in [4.78, 5) is 20.9. The van der Waals surface area contributed by atoms with Gasteiger partial charge in [-0.15, -0.1) is 6.58 Å². The fraction of sp³-hybridized carbons (Fsp3) is 0.467. The third-order valence-electron chi connectivity index (χ3n) is 1.69. The van der Waals surface area contributed by atoms with Crippen molar-refractivity contribution in [3.05, 3.63) is 37.0 Å². The lowest BCUT2D eigenvalue weighted by atomic mass is 10.4. The maximum absolute atomic E-state index is 10.7. The number of allylic oxidation sites excluding steroid dienone is 1. The van der Waals surface area contributed by atoms with Crippen LogP contribution in [0.1, 0.15) is 20.8 Å². The van der Waals surface area contributed by atoms with Gasteiger partial charge >= 0.3 is 11.9 Å². The molecule has 0 spiro atoms. The fourth-order valence-electron chi connectivity index (χ4n) is 0.630. The average molecular weight is 284 g/mol. The Morgan fingerprint density at radius 3 is 1.85 bits per heavy atom. The minimum atomic E-state index is -0.347. The van der Waals surface area contributed by atoms with Gasteiger partial charge in [-0.05, 0) is 20.8 Å². The van der Waals surface area contributed by atoms with Crippen LogP contribution in [0, 0.1) is 0 Å². The van der Waals surface area contributed by atoms with E-state index in [1.807, 2.05) is 6.92 Å². The molecule has 114 valence electrons. The van der Waals surface area contributed by atoms with Gasteiger partial charge in [-0.2, -0.15) is 0 Å². The van der Waals surface area contributed by atoms with E-state index < -0.39 is 0 Å². The van der Waals surface area contributed by atoms with Crippen LogP contribution >= 0.6 is 0 Å². The standard InChI is InChI=1S/C7H10O3.C5H8O2.C3H6/c1-5(2)7(8)10-4-6-3-9-6;1-4(2)5(6)7-3;1-3-2/h6H,1,3-4H2,2H3;1H2,2-3H3;3H,1H2,2H3. The van der Waals surface area contributed by atoms with Crippen molar-refractivity contribution in [1.82, 2.24) is 0 Å². The first-order valence-electron chi connectivity index (χ1n) is 6.05. The maximum atomic E-state index is 10.7. The predicted octanol–water partition coefficient (Wildman–Crippen LogP) is 2.43. The number of carbonyl (C=O) groups excluding carboxylic acids is 2. The highest BCUT2D eigenvalue weighted by atomic mass is 16.6. The highest BCUT2D eigenvalue weighted by Gasteiger charge is 2.24. The van der Waals surface area contributed by atoms with Crippen molar-refractivity contribution in [3.63, 3.8) is 0 Å². The Labute approximate surface area is 120 Å². The van der Waals surface area contributed by atoms with Crippen LogP contribution in [0.2, 0.25) is 0 Å². The van der Waals surface area contributed by atoms with Crippen LogP contribution in [0.5, 0.6) is 0 Å². The van der Waals surface area contributed by atoms with E-state index in [0.717, 1.165) is 0 Å². The van der Waals surface area contributed by atoms with Gasteiger partial charge in [0.2, 0.25) is 0 Å². The van der Waals surface area contributed by atoms with Crippen molar-refractivity contribution in [2.75, 3.05) is 20.3 Å². The molecule has 1 rings (SSSR count). The maximum Gasteiger partial charge on any atom is 0.333 e. The minimum Gasteiger partial charge on any atom is -0.466 e. The quantitative estimate of drug-likeness (QED) is 0.343. The SMILES string of the molecule is C=C(C)C(=O)OC.C=C(C)C(=O)OCC1CO1.C=CC. The van der Waals surface area contributed by atoms with E-state index in [0.29, 0.717) is 24.4 Å². The number of esters is 2. The van der Waals surface area contributed by atoms with Crippen molar-refractivity contribution in [3.8, 4) is 0 Å². The number of hydrogen-bond donors (Lipinski definition) is 0. The molecule has 1 fully saturated rings. The summed E-state index contributed by atoms with van der Waals surface area (Å²) in [6.45, 7) is 16.3. The molecule has 1 aliphatic rings. The van der Waals surface area contributed by atoms with Gasteiger partial charge < -0.3 is 14.2 Å². The molecule has 0 aliphatic carbocycles. The fourth-order valence-corrected chi connectivity index (χ4v) is 0.630. The Hall–Kier alpha value is -1.88. The third kappa shape index (κ3) is 14.2. The van der Waals surface area contributed by atoms with Crippen molar-refractivity contribution < 1.29 is 23.8 Å². The summed E-state index contributed by atoms with van der Waals surface area (Å²) in [5.41, 5.74) is 0.864. The van der Waals surface area contributed by atoms with E-state index in [1.54, 1.807) is 19.9 Å². The lowest BCUT2D eigenvalue weighted by molar-refractivity contribution is -0.139. The largest absolute Gasteiger partial charge is 0.466 e.